The van der Waals surface area contributed by atoms with E-state index in [2.05, 4.69) is 33.7 Å². The molecule has 0 aliphatic carbocycles. The fourth-order valence-corrected chi connectivity index (χ4v) is 3.59. The third-order valence-corrected chi connectivity index (χ3v) is 4.38. The van der Waals surface area contributed by atoms with Crippen molar-refractivity contribution < 1.29 is 0 Å². The Balaban J connectivity index is 1.80. The lowest BCUT2D eigenvalue weighted by atomic mass is 10.4. The van der Waals surface area contributed by atoms with Gasteiger partial charge in [-0.2, -0.15) is 23.5 Å². The Kier molecular flexibility index (Phi) is 3.63. The lowest BCUT2D eigenvalue weighted by molar-refractivity contribution is 0.200. The quantitative estimate of drug-likeness (QED) is 0.676. The molecule has 1 atom stereocenters. The van der Waals surface area contributed by atoms with Gasteiger partial charge in [-0.1, -0.05) is 0 Å². The Labute approximate surface area is 82.8 Å². The molecule has 2 aliphatic heterocycles. The first kappa shape index (κ1) is 9.19. The van der Waals surface area contributed by atoms with Crippen molar-refractivity contribution in [3.63, 3.8) is 0 Å². The van der Waals surface area contributed by atoms with E-state index in [4.69, 9.17) is 0 Å². The van der Waals surface area contributed by atoms with E-state index in [1.807, 2.05) is 0 Å². The summed E-state index contributed by atoms with van der Waals surface area (Å²) in [5.41, 5.74) is 0. The van der Waals surface area contributed by atoms with Crippen LogP contribution in [0, 0.1) is 0 Å². The van der Waals surface area contributed by atoms with E-state index in [9.17, 15) is 0 Å². The molecular weight excluding hydrogens is 188 g/mol. The van der Waals surface area contributed by atoms with Gasteiger partial charge in [-0.25, -0.2) is 0 Å². The van der Waals surface area contributed by atoms with E-state index in [0.29, 0.717) is 6.17 Å². The van der Waals surface area contributed by atoms with Crippen molar-refractivity contribution in [3.05, 3.63) is 0 Å². The second-order valence-corrected chi connectivity index (χ2v) is 5.57. The second kappa shape index (κ2) is 4.74. The van der Waals surface area contributed by atoms with E-state index in [-0.39, 0.29) is 0 Å². The first-order valence-electron chi connectivity index (χ1n) is 4.60. The predicted octanol–water partition coefficient (Wildman–Crippen LogP) is 0.698. The highest BCUT2D eigenvalue weighted by molar-refractivity contribution is 7.99. The zero-order valence-corrected chi connectivity index (χ0v) is 8.92. The molecule has 12 heavy (non-hydrogen) atoms. The molecule has 2 heterocycles. The molecule has 1 N–H and O–H groups in total. The summed E-state index contributed by atoms with van der Waals surface area (Å²) in [6.45, 7) is 3.75. The van der Waals surface area contributed by atoms with Crippen molar-refractivity contribution in [1.29, 1.82) is 0 Å². The summed E-state index contributed by atoms with van der Waals surface area (Å²) in [4.78, 5) is 2.60. The van der Waals surface area contributed by atoms with E-state index in [1.165, 1.54) is 42.6 Å². The molecule has 4 heteroatoms. The van der Waals surface area contributed by atoms with Gasteiger partial charge in [0.15, 0.2) is 0 Å². The van der Waals surface area contributed by atoms with Crippen LogP contribution in [0.1, 0.15) is 0 Å². The number of hydrogen-bond donors (Lipinski definition) is 1. The molecule has 0 aromatic rings. The number of thioether (sulfide) groups is 2. The molecule has 0 aromatic carbocycles. The summed E-state index contributed by atoms with van der Waals surface area (Å²) in [6, 6.07) is 0. The Hall–Kier alpha value is 0.620. The SMILES string of the molecule is C1CSCC(N2CCSCC2)N1. The molecule has 2 saturated heterocycles. The van der Waals surface area contributed by atoms with Crippen molar-refractivity contribution >= 4 is 23.5 Å². The van der Waals surface area contributed by atoms with Gasteiger partial charge in [0, 0.05) is 42.6 Å². The van der Waals surface area contributed by atoms with Crippen molar-refractivity contribution in [2.24, 2.45) is 0 Å². The normalized spacial score (nSPS) is 33.5. The maximum absolute atomic E-state index is 3.58. The highest BCUT2D eigenvalue weighted by Crippen LogP contribution is 2.16. The molecular formula is C8H16N2S2. The van der Waals surface area contributed by atoms with Crippen LogP contribution in [-0.4, -0.2) is 53.7 Å². The molecule has 2 aliphatic rings. The van der Waals surface area contributed by atoms with Crippen molar-refractivity contribution in [2.45, 2.75) is 6.17 Å². The maximum atomic E-state index is 3.58. The predicted molar refractivity (Wildman–Crippen MR) is 58.0 cm³/mol. The van der Waals surface area contributed by atoms with Gasteiger partial charge in [-0.3, -0.25) is 4.90 Å². The highest BCUT2D eigenvalue weighted by Gasteiger charge is 2.21. The van der Waals surface area contributed by atoms with Crippen LogP contribution in [-0.2, 0) is 0 Å². The Morgan fingerprint density at radius 2 is 1.92 bits per heavy atom. The molecule has 0 amide bonds. The molecule has 0 spiro atoms. The smallest absolute Gasteiger partial charge is 0.0691 e. The Bertz CT molecular complexity index is 115. The van der Waals surface area contributed by atoms with Crippen LogP contribution in [0.15, 0.2) is 0 Å². The number of rotatable bonds is 1. The highest BCUT2D eigenvalue weighted by atomic mass is 32.2. The van der Waals surface area contributed by atoms with Crippen molar-refractivity contribution in [1.82, 2.24) is 10.2 Å². The summed E-state index contributed by atoms with van der Waals surface area (Å²) in [6.07, 6.45) is 0.671. The largest absolute Gasteiger partial charge is 0.300 e. The summed E-state index contributed by atoms with van der Waals surface area (Å²) >= 11 is 4.17. The zero-order valence-electron chi connectivity index (χ0n) is 7.29. The lowest BCUT2D eigenvalue weighted by Gasteiger charge is -2.36. The van der Waals surface area contributed by atoms with Crippen LogP contribution in [0.25, 0.3) is 0 Å². The van der Waals surface area contributed by atoms with Gasteiger partial charge in [0.05, 0.1) is 6.17 Å². The average Bonchev–Trinajstić information content (AvgIpc) is 2.21. The van der Waals surface area contributed by atoms with E-state index < -0.39 is 0 Å². The maximum Gasteiger partial charge on any atom is 0.0691 e. The first-order valence-corrected chi connectivity index (χ1v) is 6.91. The van der Waals surface area contributed by atoms with Crippen molar-refractivity contribution in [2.75, 3.05) is 42.6 Å². The van der Waals surface area contributed by atoms with Gasteiger partial charge in [-0.05, 0) is 0 Å². The monoisotopic (exact) mass is 204 g/mol. The molecule has 0 aromatic heterocycles. The number of hydrogen-bond acceptors (Lipinski definition) is 4. The summed E-state index contributed by atoms with van der Waals surface area (Å²) < 4.78 is 0. The second-order valence-electron chi connectivity index (χ2n) is 3.19. The van der Waals surface area contributed by atoms with E-state index in [1.54, 1.807) is 0 Å². The van der Waals surface area contributed by atoms with Crippen LogP contribution in [0.2, 0.25) is 0 Å². The fourth-order valence-electron chi connectivity index (χ4n) is 1.68. The van der Waals surface area contributed by atoms with E-state index >= 15 is 0 Å². The van der Waals surface area contributed by atoms with Gasteiger partial charge >= 0.3 is 0 Å². The van der Waals surface area contributed by atoms with Crippen molar-refractivity contribution in [3.8, 4) is 0 Å². The summed E-state index contributed by atoms with van der Waals surface area (Å²) in [7, 11) is 0. The standard InChI is InChI=1S/C8H16N2S2/c1-4-12-7-8(9-1)10-2-5-11-6-3-10/h8-9H,1-7H2. The van der Waals surface area contributed by atoms with Crippen LogP contribution in [0.5, 0.6) is 0 Å². The average molecular weight is 204 g/mol. The number of nitrogens with zero attached hydrogens (tertiary/aromatic N) is 1. The number of nitrogens with one attached hydrogen (secondary N) is 1. The molecule has 70 valence electrons. The molecule has 2 fully saturated rings. The topological polar surface area (TPSA) is 15.3 Å². The van der Waals surface area contributed by atoms with Crippen LogP contribution in [0.4, 0.5) is 0 Å². The van der Waals surface area contributed by atoms with Crippen LogP contribution in [0.3, 0.4) is 0 Å². The van der Waals surface area contributed by atoms with Gasteiger partial charge in [0.1, 0.15) is 0 Å². The van der Waals surface area contributed by atoms with Crippen LogP contribution < -0.4 is 5.32 Å². The zero-order chi connectivity index (χ0) is 8.23. The third kappa shape index (κ3) is 2.31. The minimum atomic E-state index is 0.671. The minimum absolute atomic E-state index is 0.671. The van der Waals surface area contributed by atoms with E-state index in [0.717, 1.165) is 0 Å². The van der Waals surface area contributed by atoms with Gasteiger partial charge in [0.2, 0.25) is 0 Å². The fraction of sp³-hybridized carbons (Fsp3) is 1.00. The lowest BCUT2D eigenvalue weighted by Crippen LogP contribution is -2.53. The van der Waals surface area contributed by atoms with Gasteiger partial charge in [0.25, 0.3) is 0 Å². The molecule has 2 nitrogen and oxygen atoms in total. The summed E-state index contributed by atoms with van der Waals surface area (Å²) in [5.74, 6) is 5.22. The molecule has 1 unspecified atom stereocenters. The molecule has 2 rings (SSSR count). The molecule has 0 saturated carbocycles. The minimum Gasteiger partial charge on any atom is -0.300 e. The third-order valence-electron chi connectivity index (χ3n) is 2.39. The Morgan fingerprint density at radius 1 is 1.08 bits per heavy atom. The molecule has 0 bridgehead atoms. The first-order chi connectivity index (χ1) is 5.97. The summed E-state index contributed by atoms with van der Waals surface area (Å²) in [5, 5.41) is 3.58. The molecule has 0 radical (unpaired) electrons. The van der Waals surface area contributed by atoms with Gasteiger partial charge < -0.3 is 5.32 Å². The van der Waals surface area contributed by atoms with Gasteiger partial charge in [-0.15, -0.1) is 0 Å². The Morgan fingerprint density at radius 3 is 2.58 bits per heavy atom. The van der Waals surface area contributed by atoms with Crippen LogP contribution >= 0.6 is 23.5 Å².